The third kappa shape index (κ3) is 2.95. The zero-order chi connectivity index (χ0) is 17.2. The van der Waals surface area contributed by atoms with Gasteiger partial charge in [-0.3, -0.25) is 9.89 Å². The molecule has 1 aromatic carbocycles. The molecule has 3 heterocycles. The number of piperidine rings is 1. The van der Waals surface area contributed by atoms with Crippen LogP contribution in [0.25, 0.3) is 11.1 Å². The summed E-state index contributed by atoms with van der Waals surface area (Å²) < 4.78 is 0. The van der Waals surface area contributed by atoms with Crippen molar-refractivity contribution in [3.63, 3.8) is 0 Å². The maximum atomic E-state index is 12.8. The number of carbonyl (C=O) groups is 1. The lowest BCUT2D eigenvalue weighted by atomic mass is 9.90. The number of rotatable bonds is 3. The highest BCUT2D eigenvalue weighted by Gasteiger charge is 2.29. The van der Waals surface area contributed by atoms with Gasteiger partial charge in [0.15, 0.2) is 0 Å². The fourth-order valence-corrected chi connectivity index (χ4v) is 3.58. The van der Waals surface area contributed by atoms with Crippen molar-refractivity contribution >= 4 is 5.91 Å². The summed E-state index contributed by atoms with van der Waals surface area (Å²) >= 11 is 0. The van der Waals surface area contributed by atoms with Crippen LogP contribution in [0.15, 0.2) is 42.9 Å². The maximum absolute atomic E-state index is 12.8. The van der Waals surface area contributed by atoms with E-state index in [4.69, 9.17) is 0 Å². The Labute approximate surface area is 146 Å². The summed E-state index contributed by atoms with van der Waals surface area (Å²) in [6.45, 7) is 3.34. The third-order valence-corrected chi connectivity index (χ3v) is 4.90. The Morgan fingerprint density at radius 2 is 2.12 bits per heavy atom. The molecule has 2 N–H and O–H groups in total. The molecule has 0 saturated carbocycles. The van der Waals surface area contributed by atoms with Crippen LogP contribution in [0.5, 0.6) is 0 Å². The predicted octanol–water partition coefficient (Wildman–Crippen LogP) is 3.13. The fraction of sp³-hybridized carbons (Fsp3) is 0.316. The van der Waals surface area contributed by atoms with Crippen molar-refractivity contribution in [1.82, 2.24) is 25.1 Å². The number of nitrogens with zero attached hydrogens (tertiary/aromatic N) is 3. The van der Waals surface area contributed by atoms with E-state index in [-0.39, 0.29) is 11.8 Å². The Bertz CT molecular complexity index is 867. The van der Waals surface area contributed by atoms with Crippen molar-refractivity contribution in [3.05, 3.63) is 59.9 Å². The van der Waals surface area contributed by atoms with E-state index in [0.717, 1.165) is 41.9 Å². The van der Waals surface area contributed by atoms with Gasteiger partial charge in [0.2, 0.25) is 0 Å². The molecule has 4 rings (SSSR count). The van der Waals surface area contributed by atoms with Crippen molar-refractivity contribution < 1.29 is 4.79 Å². The smallest absolute Gasteiger partial charge is 0.274 e. The van der Waals surface area contributed by atoms with Crippen LogP contribution in [0.1, 0.15) is 40.6 Å². The molecule has 1 aliphatic heterocycles. The van der Waals surface area contributed by atoms with E-state index in [1.54, 1.807) is 6.33 Å². The summed E-state index contributed by atoms with van der Waals surface area (Å²) in [6.07, 6.45) is 5.48. The first-order valence-electron chi connectivity index (χ1n) is 8.62. The van der Waals surface area contributed by atoms with E-state index in [2.05, 4.69) is 32.3 Å². The summed E-state index contributed by atoms with van der Waals surface area (Å²) in [5.74, 6) is 0.263. The zero-order valence-electron chi connectivity index (χ0n) is 14.2. The van der Waals surface area contributed by atoms with Crippen molar-refractivity contribution in [1.29, 1.82) is 0 Å². The van der Waals surface area contributed by atoms with Gasteiger partial charge in [0.05, 0.1) is 12.5 Å². The summed E-state index contributed by atoms with van der Waals surface area (Å²) in [6, 6.07) is 10.3. The molecule has 0 aliphatic carbocycles. The molecule has 25 heavy (non-hydrogen) atoms. The van der Waals surface area contributed by atoms with E-state index in [1.165, 1.54) is 0 Å². The highest BCUT2D eigenvalue weighted by atomic mass is 16.2. The molecule has 1 unspecified atom stereocenters. The highest BCUT2D eigenvalue weighted by Crippen LogP contribution is 2.33. The summed E-state index contributed by atoms with van der Waals surface area (Å²) in [5, 5.41) is 7.43. The molecule has 0 bridgehead atoms. The van der Waals surface area contributed by atoms with Crippen LogP contribution in [-0.2, 0) is 0 Å². The number of aromatic amines is 2. The average Bonchev–Trinajstić information content (AvgIpc) is 3.31. The number of likely N-dealkylation sites (tertiary alicyclic amines) is 1. The van der Waals surface area contributed by atoms with Gasteiger partial charge in [-0.1, -0.05) is 30.3 Å². The second kappa shape index (κ2) is 6.55. The van der Waals surface area contributed by atoms with Crippen molar-refractivity contribution in [2.45, 2.75) is 25.7 Å². The Hall–Kier alpha value is -2.89. The number of aryl methyl sites for hydroxylation is 1. The minimum Gasteiger partial charge on any atom is -0.348 e. The number of amides is 1. The van der Waals surface area contributed by atoms with Gasteiger partial charge in [-0.05, 0) is 25.3 Å². The van der Waals surface area contributed by atoms with E-state index < -0.39 is 0 Å². The quantitative estimate of drug-likeness (QED) is 0.772. The number of imidazole rings is 1. The first kappa shape index (κ1) is 15.6. The number of benzene rings is 1. The number of hydrogen-bond donors (Lipinski definition) is 2. The van der Waals surface area contributed by atoms with Crippen LogP contribution in [0.2, 0.25) is 0 Å². The molecule has 1 fully saturated rings. The Balaban J connectivity index is 1.58. The van der Waals surface area contributed by atoms with E-state index in [1.807, 2.05) is 36.2 Å². The van der Waals surface area contributed by atoms with Crippen LogP contribution >= 0.6 is 0 Å². The van der Waals surface area contributed by atoms with Gasteiger partial charge in [0, 0.05) is 36.0 Å². The summed E-state index contributed by atoms with van der Waals surface area (Å²) in [7, 11) is 0. The summed E-state index contributed by atoms with van der Waals surface area (Å²) in [4.78, 5) is 21.8. The molecule has 0 radical (unpaired) electrons. The SMILES string of the molecule is Cc1[nH]cnc1C(=O)N1CCCC(c2[nH]ncc2-c2ccccc2)C1. The normalized spacial score (nSPS) is 17.6. The Morgan fingerprint density at radius 3 is 2.88 bits per heavy atom. The van der Waals surface area contributed by atoms with E-state index in [9.17, 15) is 4.79 Å². The van der Waals surface area contributed by atoms with Gasteiger partial charge in [-0.25, -0.2) is 4.98 Å². The average molecular weight is 335 g/mol. The van der Waals surface area contributed by atoms with Gasteiger partial charge >= 0.3 is 0 Å². The maximum Gasteiger partial charge on any atom is 0.274 e. The van der Waals surface area contributed by atoms with E-state index >= 15 is 0 Å². The van der Waals surface area contributed by atoms with Crippen LogP contribution in [0, 0.1) is 6.92 Å². The topological polar surface area (TPSA) is 77.7 Å². The monoisotopic (exact) mass is 335 g/mol. The standard InChI is InChI=1S/C19H21N5O/c1-13-17(21-12-20-13)19(25)24-9-5-8-15(11-24)18-16(10-22-23-18)14-6-3-2-4-7-14/h2-4,6-7,10,12,15H,5,8-9,11H2,1H3,(H,20,21)(H,22,23). The second-order valence-electron chi connectivity index (χ2n) is 6.53. The van der Waals surface area contributed by atoms with Crippen molar-refractivity contribution in [2.75, 3.05) is 13.1 Å². The molecular formula is C19H21N5O. The van der Waals surface area contributed by atoms with E-state index in [0.29, 0.717) is 12.2 Å². The molecule has 0 spiro atoms. The molecule has 1 saturated heterocycles. The van der Waals surface area contributed by atoms with Crippen LogP contribution in [0.3, 0.4) is 0 Å². The second-order valence-corrected chi connectivity index (χ2v) is 6.53. The molecule has 2 aromatic heterocycles. The first-order valence-corrected chi connectivity index (χ1v) is 8.62. The number of H-pyrrole nitrogens is 2. The molecule has 3 aromatic rings. The largest absolute Gasteiger partial charge is 0.348 e. The van der Waals surface area contributed by atoms with Gasteiger partial charge in [0.25, 0.3) is 5.91 Å². The molecule has 6 nitrogen and oxygen atoms in total. The highest BCUT2D eigenvalue weighted by molar-refractivity contribution is 5.93. The first-order chi connectivity index (χ1) is 12.2. The lowest BCUT2D eigenvalue weighted by Gasteiger charge is -2.32. The predicted molar refractivity (Wildman–Crippen MR) is 95.2 cm³/mol. The number of hydrogen-bond acceptors (Lipinski definition) is 3. The molecule has 6 heteroatoms. The Kier molecular flexibility index (Phi) is 4.09. The lowest BCUT2D eigenvalue weighted by molar-refractivity contribution is 0.0700. The van der Waals surface area contributed by atoms with Crippen LogP contribution in [-0.4, -0.2) is 44.1 Å². The molecule has 1 atom stereocenters. The van der Waals surface area contributed by atoms with Crippen LogP contribution < -0.4 is 0 Å². The van der Waals surface area contributed by atoms with Gasteiger partial charge in [-0.2, -0.15) is 5.10 Å². The van der Waals surface area contributed by atoms with Crippen LogP contribution in [0.4, 0.5) is 0 Å². The minimum atomic E-state index is 0.00391. The minimum absolute atomic E-state index is 0.00391. The number of nitrogens with one attached hydrogen (secondary N) is 2. The fourth-order valence-electron chi connectivity index (χ4n) is 3.58. The molecule has 128 valence electrons. The van der Waals surface area contributed by atoms with Crippen molar-refractivity contribution in [3.8, 4) is 11.1 Å². The van der Waals surface area contributed by atoms with Gasteiger partial charge in [0.1, 0.15) is 5.69 Å². The lowest BCUT2D eigenvalue weighted by Crippen LogP contribution is -2.39. The molecule has 1 aliphatic rings. The number of carbonyl (C=O) groups excluding carboxylic acids is 1. The number of aromatic nitrogens is 4. The van der Waals surface area contributed by atoms with Crippen molar-refractivity contribution in [2.24, 2.45) is 0 Å². The molecular weight excluding hydrogens is 314 g/mol. The third-order valence-electron chi connectivity index (χ3n) is 4.90. The summed E-state index contributed by atoms with van der Waals surface area (Å²) in [5.41, 5.74) is 4.73. The van der Waals surface area contributed by atoms with Gasteiger partial charge in [-0.15, -0.1) is 0 Å². The molecule has 1 amide bonds. The Morgan fingerprint density at radius 1 is 1.28 bits per heavy atom. The van der Waals surface area contributed by atoms with Gasteiger partial charge < -0.3 is 9.88 Å². The zero-order valence-corrected chi connectivity index (χ0v) is 14.2.